The van der Waals surface area contributed by atoms with Crippen molar-refractivity contribution in [1.82, 2.24) is 4.57 Å². The predicted molar refractivity (Wildman–Crippen MR) is 123 cm³/mol. The van der Waals surface area contributed by atoms with E-state index in [1.165, 1.54) is 38.6 Å². The summed E-state index contributed by atoms with van der Waals surface area (Å²) in [5.74, 6) is 0. The Labute approximate surface area is 168 Å². The quantitative estimate of drug-likeness (QED) is 0.361. The van der Waals surface area contributed by atoms with E-state index in [0.717, 1.165) is 5.69 Å². The van der Waals surface area contributed by atoms with Crippen molar-refractivity contribution in [2.24, 2.45) is 0 Å². The van der Waals surface area contributed by atoms with E-state index in [9.17, 15) is 0 Å². The largest absolute Gasteiger partial charge is 0.399 e. The molecule has 0 radical (unpaired) electrons. The Morgan fingerprint density at radius 3 is 1.82 bits per heavy atom. The predicted octanol–water partition coefficient (Wildman–Crippen LogP) is 6.96. The maximum absolute atomic E-state index is 6.12. The number of anilines is 1. The fourth-order valence-corrected chi connectivity index (χ4v) is 3.87. The molecule has 0 amide bonds. The number of nitrogens with two attached hydrogens (primary N) is 1. The van der Waals surface area contributed by atoms with Crippen molar-refractivity contribution in [2.75, 3.05) is 5.73 Å². The number of para-hydroxylation sites is 1. The molecule has 2 nitrogen and oxygen atoms in total. The average Bonchev–Trinajstić information content (AvgIpc) is 2.93. The fraction of sp³-hybridized carbons (Fsp3) is 0.308. The zero-order valence-electron chi connectivity index (χ0n) is 17.8. The first-order valence-corrected chi connectivity index (χ1v) is 10.0. The summed E-state index contributed by atoms with van der Waals surface area (Å²) in [7, 11) is 0. The molecule has 0 saturated carbocycles. The van der Waals surface area contributed by atoms with Crippen LogP contribution in [0.3, 0.4) is 0 Å². The van der Waals surface area contributed by atoms with Gasteiger partial charge in [0.05, 0.1) is 11.0 Å². The summed E-state index contributed by atoms with van der Waals surface area (Å²) < 4.78 is 2.38. The molecule has 1 aromatic heterocycles. The maximum Gasteiger partial charge on any atom is 0.0542 e. The number of nitrogens with zero attached hydrogens (tertiary/aromatic N) is 1. The van der Waals surface area contributed by atoms with Crippen LogP contribution in [-0.4, -0.2) is 4.57 Å². The minimum absolute atomic E-state index is 0.0825. The van der Waals surface area contributed by atoms with Gasteiger partial charge in [0.2, 0.25) is 0 Å². The molecule has 28 heavy (non-hydrogen) atoms. The lowest BCUT2D eigenvalue weighted by Gasteiger charge is -2.26. The van der Waals surface area contributed by atoms with Crippen LogP contribution in [0, 0.1) is 0 Å². The highest BCUT2D eigenvalue weighted by molar-refractivity contribution is 6.10. The molecule has 3 aromatic carbocycles. The first kappa shape index (κ1) is 18.6. The lowest BCUT2D eigenvalue weighted by atomic mass is 9.80. The molecular weight excluding hydrogens is 340 g/mol. The van der Waals surface area contributed by atoms with E-state index >= 15 is 0 Å². The Morgan fingerprint density at radius 2 is 1.21 bits per heavy atom. The molecule has 4 aromatic rings. The summed E-state index contributed by atoms with van der Waals surface area (Å²) >= 11 is 0. The normalized spacial score (nSPS) is 12.8. The summed E-state index contributed by atoms with van der Waals surface area (Å²) in [6, 6.07) is 21.9. The summed E-state index contributed by atoms with van der Waals surface area (Å²) in [5.41, 5.74) is 13.4. The van der Waals surface area contributed by atoms with E-state index in [1.807, 2.05) is 6.07 Å². The second-order valence-electron chi connectivity index (χ2n) is 9.90. The van der Waals surface area contributed by atoms with Crippen LogP contribution in [0.4, 0.5) is 5.69 Å². The number of rotatable bonds is 1. The first-order chi connectivity index (χ1) is 13.1. The van der Waals surface area contributed by atoms with Crippen LogP contribution < -0.4 is 5.73 Å². The van der Waals surface area contributed by atoms with Crippen molar-refractivity contribution in [3.8, 4) is 5.69 Å². The van der Waals surface area contributed by atoms with Gasteiger partial charge in [0.1, 0.15) is 0 Å². The molecule has 1 heterocycles. The third-order valence-corrected chi connectivity index (χ3v) is 5.60. The van der Waals surface area contributed by atoms with E-state index in [-0.39, 0.29) is 10.8 Å². The Kier molecular flexibility index (Phi) is 4.08. The second kappa shape index (κ2) is 6.13. The van der Waals surface area contributed by atoms with Crippen molar-refractivity contribution in [1.29, 1.82) is 0 Å². The van der Waals surface area contributed by atoms with Gasteiger partial charge in [-0.15, -0.1) is 0 Å². The van der Waals surface area contributed by atoms with Gasteiger partial charge in [-0.05, 0) is 58.4 Å². The van der Waals surface area contributed by atoms with Crippen LogP contribution in [0.15, 0.2) is 60.7 Å². The second-order valence-corrected chi connectivity index (χ2v) is 9.90. The number of hydrogen-bond acceptors (Lipinski definition) is 1. The number of nitrogen functional groups attached to an aromatic ring is 1. The Balaban J connectivity index is 2.13. The van der Waals surface area contributed by atoms with Gasteiger partial charge in [-0.2, -0.15) is 0 Å². The van der Waals surface area contributed by atoms with E-state index in [0.29, 0.717) is 0 Å². The summed E-state index contributed by atoms with van der Waals surface area (Å²) in [6.45, 7) is 13.7. The van der Waals surface area contributed by atoms with Gasteiger partial charge in [-0.25, -0.2) is 0 Å². The van der Waals surface area contributed by atoms with Gasteiger partial charge in [-0.1, -0.05) is 65.8 Å². The van der Waals surface area contributed by atoms with E-state index in [4.69, 9.17) is 5.73 Å². The van der Waals surface area contributed by atoms with E-state index in [1.54, 1.807) is 0 Å². The summed E-state index contributed by atoms with van der Waals surface area (Å²) in [5, 5.41) is 2.44. The molecule has 4 rings (SSSR count). The molecular formula is C26H30N2. The standard InChI is InChI=1S/C26H30N2/c1-25(2,3)17-13-18(26(4,5)6)15-20(14-17)28-23-10-8-7-9-21(23)22-16-19(27)11-12-24(22)28/h7-16H,27H2,1-6H3. The van der Waals surface area contributed by atoms with E-state index in [2.05, 4.69) is 101 Å². The third-order valence-electron chi connectivity index (χ3n) is 5.60. The van der Waals surface area contributed by atoms with Gasteiger partial charge >= 0.3 is 0 Å². The smallest absolute Gasteiger partial charge is 0.0542 e. The van der Waals surface area contributed by atoms with Gasteiger partial charge in [0.15, 0.2) is 0 Å². The van der Waals surface area contributed by atoms with Crippen LogP contribution >= 0.6 is 0 Å². The number of aromatic nitrogens is 1. The van der Waals surface area contributed by atoms with Gasteiger partial charge in [0, 0.05) is 22.1 Å². The monoisotopic (exact) mass is 370 g/mol. The van der Waals surface area contributed by atoms with Crippen molar-refractivity contribution < 1.29 is 0 Å². The van der Waals surface area contributed by atoms with Crippen molar-refractivity contribution >= 4 is 27.5 Å². The summed E-state index contributed by atoms with van der Waals surface area (Å²) in [4.78, 5) is 0. The zero-order valence-corrected chi connectivity index (χ0v) is 17.8. The molecule has 0 unspecified atom stereocenters. The van der Waals surface area contributed by atoms with Crippen molar-refractivity contribution in [3.05, 3.63) is 71.8 Å². The molecule has 0 atom stereocenters. The fourth-order valence-electron chi connectivity index (χ4n) is 3.87. The number of benzene rings is 3. The molecule has 2 heteroatoms. The average molecular weight is 371 g/mol. The van der Waals surface area contributed by atoms with Crippen LogP contribution in [0.2, 0.25) is 0 Å². The SMILES string of the molecule is CC(C)(C)c1cc(-n2c3ccccc3c3cc(N)ccc32)cc(C(C)(C)C)c1. The van der Waals surface area contributed by atoms with Crippen molar-refractivity contribution in [3.63, 3.8) is 0 Å². The lowest BCUT2D eigenvalue weighted by molar-refractivity contribution is 0.568. The highest BCUT2D eigenvalue weighted by Gasteiger charge is 2.22. The van der Waals surface area contributed by atoms with E-state index < -0.39 is 0 Å². The first-order valence-electron chi connectivity index (χ1n) is 10.0. The van der Waals surface area contributed by atoms with Crippen LogP contribution in [-0.2, 0) is 10.8 Å². The minimum atomic E-state index is 0.0825. The zero-order chi connectivity index (χ0) is 20.3. The Morgan fingerprint density at radius 1 is 0.643 bits per heavy atom. The molecule has 0 saturated heterocycles. The van der Waals surface area contributed by atoms with Crippen LogP contribution in [0.25, 0.3) is 27.5 Å². The summed E-state index contributed by atoms with van der Waals surface area (Å²) in [6.07, 6.45) is 0. The molecule has 2 N–H and O–H groups in total. The minimum Gasteiger partial charge on any atom is -0.399 e. The maximum atomic E-state index is 6.12. The lowest BCUT2D eigenvalue weighted by Crippen LogP contribution is -2.17. The highest BCUT2D eigenvalue weighted by Crippen LogP contribution is 2.36. The van der Waals surface area contributed by atoms with Crippen LogP contribution in [0.5, 0.6) is 0 Å². The van der Waals surface area contributed by atoms with Crippen molar-refractivity contribution in [2.45, 2.75) is 52.4 Å². The Bertz CT molecular complexity index is 1150. The molecule has 144 valence electrons. The van der Waals surface area contributed by atoms with Gasteiger partial charge in [0.25, 0.3) is 0 Å². The molecule has 0 fully saturated rings. The number of fused-ring (bicyclic) bond motifs is 3. The highest BCUT2D eigenvalue weighted by atomic mass is 15.0. The topological polar surface area (TPSA) is 30.9 Å². The molecule has 0 aliphatic heterocycles. The molecule has 0 aliphatic carbocycles. The number of hydrogen-bond donors (Lipinski definition) is 1. The molecule has 0 bridgehead atoms. The van der Waals surface area contributed by atoms with Gasteiger partial charge < -0.3 is 10.3 Å². The van der Waals surface area contributed by atoms with Gasteiger partial charge in [-0.3, -0.25) is 0 Å². The Hall–Kier alpha value is -2.74. The third kappa shape index (κ3) is 3.07. The molecule has 0 aliphatic rings. The van der Waals surface area contributed by atoms with Crippen LogP contribution in [0.1, 0.15) is 52.7 Å². The molecule has 0 spiro atoms.